The van der Waals surface area contributed by atoms with Gasteiger partial charge < -0.3 is 0 Å². The van der Waals surface area contributed by atoms with Crippen LogP contribution in [0, 0.1) is 23.2 Å². The number of fused-ring (bicyclic) bond motifs is 2. The SMILES string of the molecule is CC[C@H]1[C@@H]2CCC3=C(CCC(=O)C3)[C@H]2CCC1(C)CC. The Kier molecular flexibility index (Phi) is 3.81. The lowest BCUT2D eigenvalue weighted by Gasteiger charge is -2.53. The van der Waals surface area contributed by atoms with E-state index in [1.807, 2.05) is 0 Å². The van der Waals surface area contributed by atoms with Gasteiger partial charge >= 0.3 is 0 Å². The molecule has 112 valence electrons. The highest BCUT2D eigenvalue weighted by molar-refractivity contribution is 5.82. The first kappa shape index (κ1) is 14.4. The molecule has 0 aliphatic heterocycles. The molecule has 3 aliphatic carbocycles. The second-order valence-corrected chi connectivity index (χ2v) is 7.71. The largest absolute Gasteiger partial charge is 0.299 e. The van der Waals surface area contributed by atoms with Crippen LogP contribution in [-0.4, -0.2) is 5.78 Å². The van der Waals surface area contributed by atoms with E-state index < -0.39 is 0 Å². The van der Waals surface area contributed by atoms with Crippen molar-refractivity contribution in [1.29, 1.82) is 0 Å². The lowest BCUT2D eigenvalue weighted by atomic mass is 9.52. The minimum atomic E-state index is 0.489. The zero-order valence-electron chi connectivity index (χ0n) is 13.5. The fraction of sp³-hybridized carbons (Fsp3) is 0.842. The third-order valence-electron chi connectivity index (χ3n) is 6.97. The summed E-state index contributed by atoms with van der Waals surface area (Å²) in [5.41, 5.74) is 3.85. The molecule has 0 spiro atoms. The maximum atomic E-state index is 11.7. The van der Waals surface area contributed by atoms with Crippen molar-refractivity contribution in [3.63, 3.8) is 0 Å². The number of rotatable bonds is 2. The van der Waals surface area contributed by atoms with Crippen molar-refractivity contribution in [2.75, 3.05) is 0 Å². The number of carbonyl (C=O) groups is 1. The third-order valence-corrected chi connectivity index (χ3v) is 6.97. The Balaban J connectivity index is 1.89. The van der Waals surface area contributed by atoms with Crippen molar-refractivity contribution in [2.45, 2.75) is 78.6 Å². The van der Waals surface area contributed by atoms with Gasteiger partial charge in [0.05, 0.1) is 0 Å². The third kappa shape index (κ3) is 2.18. The molecular weight excluding hydrogens is 244 g/mol. The van der Waals surface area contributed by atoms with Gasteiger partial charge in [0.2, 0.25) is 0 Å². The minimum Gasteiger partial charge on any atom is -0.299 e. The van der Waals surface area contributed by atoms with Gasteiger partial charge in [0, 0.05) is 12.8 Å². The van der Waals surface area contributed by atoms with Gasteiger partial charge in [0.15, 0.2) is 0 Å². The highest BCUT2D eigenvalue weighted by atomic mass is 16.1. The average molecular weight is 274 g/mol. The fourth-order valence-electron chi connectivity index (χ4n) is 5.68. The van der Waals surface area contributed by atoms with Crippen LogP contribution in [0.1, 0.15) is 78.6 Å². The Bertz CT molecular complexity index is 433. The number of carbonyl (C=O) groups excluding carboxylic acids is 1. The first-order chi connectivity index (χ1) is 9.59. The molecular formula is C19H30O. The molecule has 0 saturated heterocycles. The monoisotopic (exact) mass is 274 g/mol. The Labute approximate surface area is 124 Å². The van der Waals surface area contributed by atoms with E-state index in [0.717, 1.165) is 37.0 Å². The fourth-order valence-corrected chi connectivity index (χ4v) is 5.68. The summed E-state index contributed by atoms with van der Waals surface area (Å²) >= 11 is 0. The Hall–Kier alpha value is -0.590. The maximum Gasteiger partial charge on any atom is 0.137 e. The van der Waals surface area contributed by atoms with Gasteiger partial charge in [-0.25, -0.2) is 0 Å². The van der Waals surface area contributed by atoms with Crippen molar-refractivity contribution >= 4 is 5.78 Å². The molecule has 20 heavy (non-hydrogen) atoms. The molecule has 0 aromatic heterocycles. The summed E-state index contributed by atoms with van der Waals surface area (Å²) in [5, 5.41) is 0. The quantitative estimate of drug-likeness (QED) is 0.625. The molecule has 0 N–H and O–H groups in total. The molecule has 1 nitrogen and oxygen atoms in total. The van der Waals surface area contributed by atoms with Crippen LogP contribution in [0.4, 0.5) is 0 Å². The van der Waals surface area contributed by atoms with Crippen LogP contribution >= 0.6 is 0 Å². The van der Waals surface area contributed by atoms with Crippen molar-refractivity contribution in [2.24, 2.45) is 23.2 Å². The van der Waals surface area contributed by atoms with Crippen LogP contribution in [0.2, 0.25) is 0 Å². The molecule has 3 rings (SSSR count). The predicted molar refractivity (Wildman–Crippen MR) is 83.5 cm³/mol. The van der Waals surface area contributed by atoms with Gasteiger partial charge in [-0.2, -0.15) is 0 Å². The average Bonchev–Trinajstić information content (AvgIpc) is 2.46. The number of hydrogen-bond acceptors (Lipinski definition) is 1. The molecule has 4 atom stereocenters. The molecule has 0 radical (unpaired) electrons. The van der Waals surface area contributed by atoms with Crippen molar-refractivity contribution in [3.8, 4) is 0 Å². The van der Waals surface area contributed by atoms with Gasteiger partial charge in [0.25, 0.3) is 0 Å². The van der Waals surface area contributed by atoms with Crippen LogP contribution in [0.15, 0.2) is 11.1 Å². The van der Waals surface area contributed by atoms with E-state index in [9.17, 15) is 4.79 Å². The first-order valence-electron chi connectivity index (χ1n) is 8.81. The topological polar surface area (TPSA) is 17.1 Å². The normalized spacial score (nSPS) is 41.4. The Morgan fingerprint density at radius 2 is 1.95 bits per heavy atom. The molecule has 3 aliphatic rings. The van der Waals surface area contributed by atoms with E-state index in [4.69, 9.17) is 0 Å². The lowest BCUT2D eigenvalue weighted by molar-refractivity contribution is -0.119. The van der Waals surface area contributed by atoms with Crippen LogP contribution in [0.3, 0.4) is 0 Å². The van der Waals surface area contributed by atoms with Gasteiger partial charge in [-0.3, -0.25) is 4.79 Å². The van der Waals surface area contributed by atoms with Crippen molar-refractivity contribution < 1.29 is 4.79 Å². The van der Waals surface area contributed by atoms with Crippen LogP contribution in [0.25, 0.3) is 0 Å². The zero-order valence-corrected chi connectivity index (χ0v) is 13.5. The van der Waals surface area contributed by atoms with Crippen LogP contribution in [0.5, 0.6) is 0 Å². The number of hydrogen-bond donors (Lipinski definition) is 0. The second-order valence-electron chi connectivity index (χ2n) is 7.71. The summed E-state index contributed by atoms with van der Waals surface area (Å²) in [6, 6.07) is 0. The summed E-state index contributed by atoms with van der Waals surface area (Å²) in [7, 11) is 0. The second kappa shape index (κ2) is 5.31. The Morgan fingerprint density at radius 1 is 1.15 bits per heavy atom. The van der Waals surface area contributed by atoms with E-state index in [-0.39, 0.29) is 0 Å². The van der Waals surface area contributed by atoms with E-state index in [2.05, 4.69) is 20.8 Å². The summed E-state index contributed by atoms with van der Waals surface area (Å²) in [4.78, 5) is 11.7. The lowest BCUT2D eigenvalue weighted by Crippen LogP contribution is -2.43. The first-order valence-corrected chi connectivity index (χ1v) is 8.81. The Morgan fingerprint density at radius 3 is 2.65 bits per heavy atom. The minimum absolute atomic E-state index is 0.489. The zero-order chi connectivity index (χ0) is 14.3. The number of Topliss-reactive ketones (excluding diaryl/α,β-unsaturated/α-hetero) is 1. The van der Waals surface area contributed by atoms with E-state index >= 15 is 0 Å². The van der Waals surface area contributed by atoms with E-state index in [1.165, 1.54) is 38.5 Å². The predicted octanol–water partition coefficient (Wildman–Crippen LogP) is 5.30. The number of allylic oxidation sites excluding steroid dienone is 2. The molecule has 0 aromatic carbocycles. The summed E-state index contributed by atoms with van der Waals surface area (Å²) in [5.74, 6) is 3.13. The number of ketones is 1. The molecule has 0 amide bonds. The summed E-state index contributed by atoms with van der Waals surface area (Å²) < 4.78 is 0. The summed E-state index contributed by atoms with van der Waals surface area (Å²) in [6.07, 6.45) is 10.7. The van der Waals surface area contributed by atoms with E-state index in [0.29, 0.717) is 11.2 Å². The van der Waals surface area contributed by atoms with Gasteiger partial charge in [-0.15, -0.1) is 0 Å². The smallest absolute Gasteiger partial charge is 0.137 e. The standard InChI is InChI=1S/C19H30O/c1-4-18-17-8-6-13-12-14(20)7-9-15(13)16(17)10-11-19(18,3)5-2/h16-18H,4-12H2,1-3H3/t16-,17-,18+,19?/m1/s1. The van der Waals surface area contributed by atoms with Crippen molar-refractivity contribution in [3.05, 3.63) is 11.1 Å². The summed E-state index contributed by atoms with van der Waals surface area (Å²) in [6.45, 7) is 7.32. The highest BCUT2D eigenvalue weighted by Crippen LogP contribution is 2.57. The van der Waals surface area contributed by atoms with Crippen molar-refractivity contribution in [1.82, 2.24) is 0 Å². The molecule has 0 bridgehead atoms. The van der Waals surface area contributed by atoms with Gasteiger partial charge in [-0.1, -0.05) is 44.8 Å². The molecule has 0 aromatic rings. The molecule has 1 heteroatoms. The maximum absolute atomic E-state index is 11.7. The molecule has 1 unspecified atom stereocenters. The van der Waals surface area contributed by atoms with Crippen LogP contribution in [-0.2, 0) is 4.79 Å². The molecule has 0 heterocycles. The van der Waals surface area contributed by atoms with E-state index in [1.54, 1.807) is 11.1 Å². The molecule has 1 saturated carbocycles. The van der Waals surface area contributed by atoms with Crippen LogP contribution < -0.4 is 0 Å². The van der Waals surface area contributed by atoms with Gasteiger partial charge in [-0.05, 0) is 55.3 Å². The highest BCUT2D eigenvalue weighted by Gasteiger charge is 2.47. The van der Waals surface area contributed by atoms with Gasteiger partial charge in [0.1, 0.15) is 5.78 Å². The molecule has 1 fully saturated rings.